The smallest absolute Gasteiger partial charge is 0.399 e. The quantitative estimate of drug-likeness (QED) is 0.793. The Morgan fingerprint density at radius 2 is 1.68 bits per heavy atom. The van der Waals surface area contributed by atoms with Crippen LogP contribution in [0.5, 0.6) is 0 Å². The average molecular weight is 348 g/mol. The minimum Gasteiger partial charge on any atom is -0.399 e. The number of halogens is 3. The van der Waals surface area contributed by atoms with Crippen LogP contribution in [0, 0.1) is 0 Å². The first kappa shape index (κ1) is 17.8. The SMILES string of the molecule is Nc1cccc(C(Cc2ccc(C(F)(F)F)cc2)CN2CCCC2)c1. The molecule has 1 aliphatic rings. The number of anilines is 1. The first-order valence-electron chi connectivity index (χ1n) is 8.66. The van der Waals surface area contributed by atoms with Crippen LogP contribution in [0.4, 0.5) is 18.9 Å². The van der Waals surface area contributed by atoms with Gasteiger partial charge in [0.1, 0.15) is 0 Å². The van der Waals surface area contributed by atoms with Crippen LogP contribution in [0.15, 0.2) is 48.5 Å². The van der Waals surface area contributed by atoms with Crippen LogP contribution in [-0.2, 0) is 12.6 Å². The Kier molecular flexibility index (Phi) is 5.33. The Bertz CT molecular complexity index is 689. The van der Waals surface area contributed by atoms with E-state index in [0.29, 0.717) is 6.42 Å². The second-order valence-electron chi connectivity index (χ2n) is 6.77. The van der Waals surface area contributed by atoms with E-state index in [0.717, 1.165) is 36.4 Å². The molecule has 2 aromatic rings. The number of nitrogens with zero attached hydrogens (tertiary/aromatic N) is 1. The first-order chi connectivity index (χ1) is 11.9. The van der Waals surface area contributed by atoms with Gasteiger partial charge >= 0.3 is 6.18 Å². The normalized spacial score (nSPS) is 16.9. The molecule has 2 nitrogen and oxygen atoms in total. The van der Waals surface area contributed by atoms with Gasteiger partial charge in [0.25, 0.3) is 0 Å². The molecular weight excluding hydrogens is 325 g/mol. The molecular formula is C20H23F3N2. The highest BCUT2D eigenvalue weighted by Gasteiger charge is 2.30. The molecule has 0 radical (unpaired) electrons. The maximum atomic E-state index is 12.7. The number of rotatable bonds is 5. The predicted molar refractivity (Wildman–Crippen MR) is 94.4 cm³/mol. The van der Waals surface area contributed by atoms with Crippen molar-refractivity contribution in [2.75, 3.05) is 25.4 Å². The maximum Gasteiger partial charge on any atom is 0.416 e. The molecule has 25 heavy (non-hydrogen) atoms. The average Bonchev–Trinajstić information content (AvgIpc) is 3.07. The van der Waals surface area contributed by atoms with Crippen molar-refractivity contribution in [3.8, 4) is 0 Å². The summed E-state index contributed by atoms with van der Waals surface area (Å²) in [6, 6.07) is 13.3. The van der Waals surface area contributed by atoms with Crippen LogP contribution in [0.3, 0.4) is 0 Å². The number of alkyl halides is 3. The second kappa shape index (κ2) is 7.48. The summed E-state index contributed by atoms with van der Waals surface area (Å²) in [5.74, 6) is 0.221. The number of hydrogen-bond donors (Lipinski definition) is 1. The van der Waals surface area contributed by atoms with Gasteiger partial charge in [-0.2, -0.15) is 13.2 Å². The number of hydrogen-bond acceptors (Lipinski definition) is 2. The van der Waals surface area contributed by atoms with E-state index in [4.69, 9.17) is 5.73 Å². The van der Waals surface area contributed by atoms with Gasteiger partial charge in [-0.1, -0.05) is 24.3 Å². The van der Waals surface area contributed by atoms with Gasteiger partial charge in [0, 0.05) is 18.2 Å². The molecule has 1 heterocycles. The van der Waals surface area contributed by atoms with E-state index in [1.54, 1.807) is 12.1 Å². The molecule has 0 bridgehead atoms. The third-order valence-corrected chi connectivity index (χ3v) is 4.82. The highest BCUT2D eigenvalue weighted by molar-refractivity contribution is 5.42. The highest BCUT2D eigenvalue weighted by Crippen LogP contribution is 2.30. The molecule has 134 valence electrons. The number of nitrogens with two attached hydrogens (primary N) is 1. The molecule has 1 fully saturated rings. The van der Waals surface area contributed by atoms with E-state index in [1.807, 2.05) is 18.2 Å². The summed E-state index contributed by atoms with van der Waals surface area (Å²) in [6.07, 6.45) is -1.16. The zero-order valence-corrected chi connectivity index (χ0v) is 14.1. The number of nitrogen functional groups attached to an aromatic ring is 1. The van der Waals surface area contributed by atoms with Crippen molar-refractivity contribution >= 4 is 5.69 Å². The van der Waals surface area contributed by atoms with E-state index >= 15 is 0 Å². The third kappa shape index (κ3) is 4.75. The van der Waals surface area contributed by atoms with Crippen molar-refractivity contribution in [3.63, 3.8) is 0 Å². The topological polar surface area (TPSA) is 29.3 Å². The van der Waals surface area contributed by atoms with Gasteiger partial charge in [0.15, 0.2) is 0 Å². The first-order valence-corrected chi connectivity index (χ1v) is 8.66. The Morgan fingerprint density at radius 3 is 2.28 bits per heavy atom. The van der Waals surface area contributed by atoms with Gasteiger partial charge in [-0.05, 0) is 67.7 Å². The standard InChI is InChI=1S/C20H23F3N2/c21-20(22,23)18-8-6-15(7-9-18)12-17(14-25-10-1-2-11-25)16-4-3-5-19(24)13-16/h3-9,13,17H,1-2,10-12,14,24H2. The largest absolute Gasteiger partial charge is 0.416 e. The fraction of sp³-hybridized carbons (Fsp3) is 0.400. The molecule has 0 aromatic heterocycles. The summed E-state index contributed by atoms with van der Waals surface area (Å²) < 4.78 is 38.2. The summed E-state index contributed by atoms with van der Waals surface area (Å²) in [4.78, 5) is 2.43. The van der Waals surface area contributed by atoms with Crippen LogP contribution in [0.2, 0.25) is 0 Å². The second-order valence-corrected chi connectivity index (χ2v) is 6.77. The molecule has 2 N–H and O–H groups in total. The molecule has 1 saturated heterocycles. The zero-order chi connectivity index (χ0) is 17.9. The lowest BCUT2D eigenvalue weighted by molar-refractivity contribution is -0.137. The fourth-order valence-corrected chi connectivity index (χ4v) is 3.49. The van der Waals surface area contributed by atoms with Crippen LogP contribution in [0.1, 0.15) is 35.4 Å². The summed E-state index contributed by atoms with van der Waals surface area (Å²) in [6.45, 7) is 3.09. The Hall–Kier alpha value is -2.01. The van der Waals surface area contributed by atoms with Crippen molar-refractivity contribution in [2.45, 2.75) is 31.4 Å². The van der Waals surface area contributed by atoms with Gasteiger partial charge < -0.3 is 10.6 Å². The van der Waals surface area contributed by atoms with Gasteiger partial charge in [-0.3, -0.25) is 0 Å². The monoisotopic (exact) mass is 348 g/mol. The van der Waals surface area contributed by atoms with Crippen molar-refractivity contribution in [3.05, 3.63) is 65.2 Å². The fourth-order valence-electron chi connectivity index (χ4n) is 3.49. The van der Waals surface area contributed by atoms with Crippen molar-refractivity contribution < 1.29 is 13.2 Å². The molecule has 5 heteroatoms. The lowest BCUT2D eigenvalue weighted by atomic mass is 9.90. The van der Waals surface area contributed by atoms with Gasteiger partial charge in [-0.15, -0.1) is 0 Å². The van der Waals surface area contributed by atoms with Crippen molar-refractivity contribution in [1.82, 2.24) is 4.90 Å². The molecule has 0 spiro atoms. The molecule has 0 saturated carbocycles. The lowest BCUT2D eigenvalue weighted by Gasteiger charge is -2.24. The molecule has 0 amide bonds. The lowest BCUT2D eigenvalue weighted by Crippen LogP contribution is -2.26. The molecule has 0 aliphatic carbocycles. The van der Waals surface area contributed by atoms with Crippen LogP contribution in [0.25, 0.3) is 0 Å². The number of benzene rings is 2. The molecule has 2 aromatic carbocycles. The van der Waals surface area contributed by atoms with Crippen LogP contribution >= 0.6 is 0 Å². The van der Waals surface area contributed by atoms with E-state index in [-0.39, 0.29) is 5.92 Å². The molecule has 1 unspecified atom stereocenters. The van der Waals surface area contributed by atoms with E-state index in [1.165, 1.54) is 25.0 Å². The number of likely N-dealkylation sites (tertiary alicyclic amines) is 1. The summed E-state index contributed by atoms with van der Waals surface area (Å²) >= 11 is 0. The molecule has 3 rings (SSSR count). The third-order valence-electron chi connectivity index (χ3n) is 4.82. The summed E-state index contributed by atoms with van der Waals surface area (Å²) in [5.41, 5.74) is 8.11. The van der Waals surface area contributed by atoms with E-state index in [2.05, 4.69) is 11.0 Å². The molecule has 1 aliphatic heterocycles. The predicted octanol–water partition coefficient (Wildman–Crippen LogP) is 4.71. The molecule has 1 atom stereocenters. The van der Waals surface area contributed by atoms with E-state index < -0.39 is 11.7 Å². The summed E-state index contributed by atoms with van der Waals surface area (Å²) in [5, 5.41) is 0. The van der Waals surface area contributed by atoms with Gasteiger partial charge in [0.05, 0.1) is 5.56 Å². The summed E-state index contributed by atoms with van der Waals surface area (Å²) in [7, 11) is 0. The minimum absolute atomic E-state index is 0.221. The Balaban J connectivity index is 1.79. The maximum absolute atomic E-state index is 12.7. The highest BCUT2D eigenvalue weighted by atomic mass is 19.4. The van der Waals surface area contributed by atoms with Crippen LogP contribution in [-0.4, -0.2) is 24.5 Å². The van der Waals surface area contributed by atoms with Crippen LogP contribution < -0.4 is 5.73 Å². The van der Waals surface area contributed by atoms with Gasteiger partial charge in [0.2, 0.25) is 0 Å². The van der Waals surface area contributed by atoms with Crippen molar-refractivity contribution in [2.24, 2.45) is 0 Å². The Morgan fingerprint density at radius 1 is 1.00 bits per heavy atom. The van der Waals surface area contributed by atoms with Crippen molar-refractivity contribution in [1.29, 1.82) is 0 Å². The Labute approximate surface area is 146 Å². The minimum atomic E-state index is -4.29. The van der Waals surface area contributed by atoms with E-state index in [9.17, 15) is 13.2 Å². The zero-order valence-electron chi connectivity index (χ0n) is 14.1. The van der Waals surface area contributed by atoms with Gasteiger partial charge in [-0.25, -0.2) is 0 Å².